The number of aromatic amines is 1. The highest BCUT2D eigenvalue weighted by Gasteiger charge is 2.17. The molecule has 2 rings (SSSR count). The molecule has 2 N–H and O–H groups in total. The predicted molar refractivity (Wildman–Crippen MR) is 57.7 cm³/mol. The van der Waals surface area contributed by atoms with Crippen LogP contribution in [-0.4, -0.2) is 25.6 Å². The third-order valence-electron chi connectivity index (χ3n) is 2.37. The lowest BCUT2D eigenvalue weighted by molar-refractivity contribution is 0.0698. The van der Waals surface area contributed by atoms with Crippen LogP contribution in [0, 0.1) is 0 Å². The van der Waals surface area contributed by atoms with Crippen molar-refractivity contribution >= 4 is 17.0 Å². The molecule has 2 heterocycles. The van der Waals surface area contributed by atoms with E-state index < -0.39 is 5.97 Å². The number of carboxylic acids is 1. The van der Waals surface area contributed by atoms with Crippen LogP contribution in [-0.2, 0) is 0 Å². The highest BCUT2D eigenvalue weighted by Crippen LogP contribution is 2.17. The van der Waals surface area contributed by atoms with Crippen molar-refractivity contribution in [2.24, 2.45) is 0 Å². The summed E-state index contributed by atoms with van der Waals surface area (Å²) in [5.41, 5.74) is 0.547. The first kappa shape index (κ1) is 10.4. The number of aromatic carboxylic acids is 1. The van der Waals surface area contributed by atoms with Crippen LogP contribution in [0.15, 0.2) is 17.2 Å². The predicted octanol–water partition coefficient (Wildman–Crippen LogP) is 1.00. The van der Waals surface area contributed by atoms with E-state index in [2.05, 4.69) is 9.97 Å². The molecule has 2 aromatic heterocycles. The molecule has 0 saturated carbocycles. The summed E-state index contributed by atoms with van der Waals surface area (Å²) in [6.07, 6.45) is 2.69. The first-order valence-electron chi connectivity index (χ1n) is 4.84. The Labute approximate surface area is 90.5 Å². The van der Waals surface area contributed by atoms with Crippen LogP contribution in [0.5, 0.6) is 0 Å². The maximum atomic E-state index is 11.6. The highest BCUT2D eigenvalue weighted by molar-refractivity contribution is 6.00. The van der Waals surface area contributed by atoms with Crippen molar-refractivity contribution < 1.29 is 9.90 Å². The molecular formula is C10H11N3O3. The molecule has 0 aliphatic heterocycles. The van der Waals surface area contributed by atoms with E-state index in [1.807, 2.05) is 13.8 Å². The van der Waals surface area contributed by atoms with Gasteiger partial charge in [-0.2, -0.15) is 0 Å². The van der Waals surface area contributed by atoms with Gasteiger partial charge in [0.1, 0.15) is 5.56 Å². The Hall–Kier alpha value is -2.11. The van der Waals surface area contributed by atoms with E-state index in [-0.39, 0.29) is 17.3 Å². The van der Waals surface area contributed by atoms with Gasteiger partial charge in [-0.25, -0.2) is 9.59 Å². The fraction of sp³-hybridized carbons (Fsp3) is 0.300. The van der Waals surface area contributed by atoms with Crippen molar-refractivity contribution in [2.45, 2.75) is 19.9 Å². The quantitative estimate of drug-likeness (QED) is 0.791. The Balaban J connectivity index is 2.94. The van der Waals surface area contributed by atoms with Crippen LogP contribution in [0.25, 0.3) is 11.0 Å². The lowest BCUT2D eigenvalue weighted by Crippen LogP contribution is -2.19. The summed E-state index contributed by atoms with van der Waals surface area (Å²) < 4.78 is 1.42. The van der Waals surface area contributed by atoms with Gasteiger partial charge in [-0.15, -0.1) is 0 Å². The second-order valence-corrected chi connectivity index (χ2v) is 3.78. The third kappa shape index (κ3) is 1.39. The number of carboxylic acid groups (broad SMARTS) is 1. The van der Waals surface area contributed by atoms with Gasteiger partial charge in [0.15, 0.2) is 0 Å². The minimum atomic E-state index is -1.09. The van der Waals surface area contributed by atoms with Gasteiger partial charge < -0.3 is 10.1 Å². The van der Waals surface area contributed by atoms with Crippen LogP contribution >= 0.6 is 0 Å². The number of pyridine rings is 1. The van der Waals surface area contributed by atoms with Crippen LogP contribution in [0.2, 0.25) is 0 Å². The molecule has 0 aliphatic rings. The molecule has 0 aliphatic carbocycles. The number of nitrogens with zero attached hydrogens (tertiary/aromatic N) is 2. The zero-order chi connectivity index (χ0) is 11.9. The number of H-pyrrole nitrogens is 1. The fourth-order valence-corrected chi connectivity index (χ4v) is 1.73. The summed E-state index contributed by atoms with van der Waals surface area (Å²) in [5.74, 6) is -1.09. The van der Waals surface area contributed by atoms with Crippen LogP contribution in [0.4, 0.5) is 0 Å². The van der Waals surface area contributed by atoms with E-state index in [0.29, 0.717) is 11.0 Å². The van der Waals surface area contributed by atoms with Gasteiger partial charge in [0.05, 0.1) is 17.2 Å². The standard InChI is InChI=1S/C10H11N3O3/c1-5(2)13-8-6(9(14)15)3-11-4-7(8)12-10(13)16/h3-5H,1-2H3,(H,12,16)(H,14,15). The Bertz CT molecular complexity index is 609. The number of aromatic nitrogens is 3. The zero-order valence-electron chi connectivity index (χ0n) is 8.89. The van der Waals surface area contributed by atoms with Crippen molar-refractivity contribution in [3.63, 3.8) is 0 Å². The van der Waals surface area contributed by atoms with E-state index in [1.54, 1.807) is 0 Å². The summed E-state index contributed by atoms with van der Waals surface area (Å²) in [6, 6.07) is -0.109. The van der Waals surface area contributed by atoms with Gasteiger partial charge in [0, 0.05) is 12.2 Å². The first-order chi connectivity index (χ1) is 7.52. The largest absolute Gasteiger partial charge is 0.478 e. The van der Waals surface area contributed by atoms with E-state index in [1.165, 1.54) is 17.0 Å². The van der Waals surface area contributed by atoms with Gasteiger partial charge >= 0.3 is 11.7 Å². The number of hydrogen-bond donors (Lipinski definition) is 2. The second-order valence-electron chi connectivity index (χ2n) is 3.78. The lowest BCUT2D eigenvalue weighted by Gasteiger charge is -2.08. The van der Waals surface area contributed by atoms with E-state index in [0.717, 1.165) is 0 Å². The van der Waals surface area contributed by atoms with Gasteiger partial charge in [-0.3, -0.25) is 9.55 Å². The van der Waals surface area contributed by atoms with Crippen LogP contribution in [0.1, 0.15) is 30.2 Å². The van der Waals surface area contributed by atoms with Gasteiger partial charge in [-0.05, 0) is 13.8 Å². The first-order valence-corrected chi connectivity index (χ1v) is 4.84. The summed E-state index contributed by atoms with van der Waals surface area (Å²) in [4.78, 5) is 29.0. The second kappa shape index (κ2) is 3.48. The molecule has 0 spiro atoms. The molecule has 6 heteroatoms. The molecule has 84 valence electrons. The molecule has 0 aromatic carbocycles. The number of imidazole rings is 1. The Morgan fingerprint density at radius 1 is 1.50 bits per heavy atom. The van der Waals surface area contributed by atoms with Crippen LogP contribution in [0.3, 0.4) is 0 Å². The summed E-state index contributed by atoms with van der Waals surface area (Å²) in [7, 11) is 0. The maximum Gasteiger partial charge on any atom is 0.339 e. The van der Waals surface area contributed by atoms with Crippen molar-refractivity contribution in [3.05, 3.63) is 28.4 Å². The lowest BCUT2D eigenvalue weighted by atomic mass is 10.2. The average Bonchev–Trinajstić information content (AvgIpc) is 2.52. The van der Waals surface area contributed by atoms with Crippen molar-refractivity contribution in [1.82, 2.24) is 14.5 Å². The van der Waals surface area contributed by atoms with Crippen molar-refractivity contribution in [2.75, 3.05) is 0 Å². The molecule has 0 amide bonds. The Kier molecular flexibility index (Phi) is 2.26. The Morgan fingerprint density at radius 2 is 2.19 bits per heavy atom. The topological polar surface area (TPSA) is 88.0 Å². The van der Waals surface area contributed by atoms with Gasteiger partial charge in [0.2, 0.25) is 0 Å². The molecule has 2 aromatic rings. The monoisotopic (exact) mass is 221 g/mol. The van der Waals surface area contributed by atoms with Crippen LogP contribution < -0.4 is 5.69 Å². The van der Waals surface area contributed by atoms with E-state index in [9.17, 15) is 9.59 Å². The molecule has 0 bridgehead atoms. The van der Waals surface area contributed by atoms with Crippen molar-refractivity contribution in [3.8, 4) is 0 Å². The number of hydrogen-bond acceptors (Lipinski definition) is 3. The zero-order valence-corrected chi connectivity index (χ0v) is 8.89. The average molecular weight is 221 g/mol. The number of fused-ring (bicyclic) bond motifs is 1. The number of nitrogens with one attached hydrogen (secondary N) is 1. The molecule has 0 saturated heterocycles. The summed E-state index contributed by atoms with van der Waals surface area (Å²) in [5, 5.41) is 9.03. The van der Waals surface area contributed by atoms with Crippen molar-refractivity contribution in [1.29, 1.82) is 0 Å². The molecule has 0 atom stereocenters. The SMILES string of the molecule is CC(C)n1c(=O)[nH]c2cncc(C(=O)O)c21. The molecule has 0 unspecified atom stereocenters. The molecule has 0 radical (unpaired) electrons. The van der Waals surface area contributed by atoms with E-state index >= 15 is 0 Å². The highest BCUT2D eigenvalue weighted by atomic mass is 16.4. The normalized spacial score (nSPS) is 11.2. The maximum absolute atomic E-state index is 11.6. The molecular weight excluding hydrogens is 210 g/mol. The molecule has 0 fully saturated rings. The van der Waals surface area contributed by atoms with Gasteiger partial charge in [0.25, 0.3) is 0 Å². The smallest absolute Gasteiger partial charge is 0.339 e. The minimum absolute atomic E-state index is 0.0320. The number of rotatable bonds is 2. The fourth-order valence-electron chi connectivity index (χ4n) is 1.73. The third-order valence-corrected chi connectivity index (χ3v) is 2.37. The molecule has 6 nitrogen and oxygen atoms in total. The van der Waals surface area contributed by atoms with E-state index in [4.69, 9.17) is 5.11 Å². The summed E-state index contributed by atoms with van der Waals surface area (Å²) >= 11 is 0. The number of carbonyl (C=O) groups is 1. The summed E-state index contributed by atoms with van der Waals surface area (Å²) in [6.45, 7) is 3.64. The van der Waals surface area contributed by atoms with Gasteiger partial charge in [-0.1, -0.05) is 0 Å². The minimum Gasteiger partial charge on any atom is -0.478 e. The molecule has 16 heavy (non-hydrogen) atoms. The Morgan fingerprint density at radius 3 is 2.75 bits per heavy atom.